The molecule has 2 aromatic heterocycles. The smallest absolute Gasteiger partial charge is 0.151 e. The maximum absolute atomic E-state index is 5.60. The third-order valence-corrected chi connectivity index (χ3v) is 2.69. The first kappa shape index (κ1) is 10.9. The first-order valence-electron chi connectivity index (χ1n) is 4.64. The van der Waals surface area contributed by atoms with Crippen LogP contribution in [0.1, 0.15) is 5.82 Å². The molecule has 0 unspecified atom stereocenters. The van der Waals surface area contributed by atoms with Gasteiger partial charge in [0.05, 0.1) is 22.9 Å². The summed E-state index contributed by atoms with van der Waals surface area (Å²) in [6.07, 6.45) is 3.26. The Morgan fingerprint density at radius 2 is 2.38 bits per heavy atom. The van der Waals surface area contributed by atoms with Crippen LogP contribution in [0.5, 0.6) is 0 Å². The molecule has 84 valence electrons. The predicted molar refractivity (Wildman–Crippen MR) is 64.7 cm³/mol. The van der Waals surface area contributed by atoms with E-state index in [-0.39, 0.29) is 0 Å². The van der Waals surface area contributed by atoms with Gasteiger partial charge in [0.15, 0.2) is 5.82 Å². The summed E-state index contributed by atoms with van der Waals surface area (Å²) in [7, 11) is 1.89. The molecule has 0 saturated heterocycles. The van der Waals surface area contributed by atoms with Gasteiger partial charge in [0.1, 0.15) is 12.1 Å². The molecule has 0 aliphatic heterocycles. The number of nitrogens with one attached hydrogen (secondary N) is 1. The fourth-order valence-corrected chi connectivity index (χ4v) is 1.72. The average molecular weight is 283 g/mol. The second-order valence-electron chi connectivity index (χ2n) is 3.31. The van der Waals surface area contributed by atoms with Crippen LogP contribution < -0.4 is 11.1 Å². The minimum atomic E-state index is 0.562. The molecule has 0 aliphatic carbocycles. The van der Waals surface area contributed by atoms with Crippen molar-refractivity contribution in [1.82, 2.24) is 19.7 Å². The Morgan fingerprint density at radius 1 is 1.56 bits per heavy atom. The Hall–Kier alpha value is -1.63. The highest BCUT2D eigenvalue weighted by Crippen LogP contribution is 2.21. The SMILES string of the molecule is Cn1cnnc1CNc1ncc(N)cc1Br. The van der Waals surface area contributed by atoms with Crippen molar-refractivity contribution in [3.05, 3.63) is 28.9 Å². The lowest BCUT2D eigenvalue weighted by molar-refractivity contribution is 0.810. The van der Waals surface area contributed by atoms with Gasteiger partial charge in [-0.25, -0.2) is 4.98 Å². The van der Waals surface area contributed by atoms with Crippen LogP contribution in [-0.2, 0) is 13.6 Å². The van der Waals surface area contributed by atoms with Crippen LogP contribution in [0, 0.1) is 0 Å². The van der Waals surface area contributed by atoms with Crippen LogP contribution in [0.15, 0.2) is 23.1 Å². The third kappa shape index (κ3) is 2.30. The number of hydrogen-bond donors (Lipinski definition) is 2. The van der Waals surface area contributed by atoms with E-state index < -0.39 is 0 Å². The van der Waals surface area contributed by atoms with E-state index in [1.165, 1.54) is 0 Å². The summed E-state index contributed by atoms with van der Waals surface area (Å²) in [4.78, 5) is 4.17. The molecular formula is C9H11BrN6. The zero-order valence-electron chi connectivity index (χ0n) is 8.68. The van der Waals surface area contributed by atoms with Crippen LogP contribution in [-0.4, -0.2) is 19.7 Å². The Kier molecular flexibility index (Phi) is 3.04. The Labute approximate surface area is 101 Å². The molecule has 0 atom stereocenters. The van der Waals surface area contributed by atoms with Gasteiger partial charge in [-0.1, -0.05) is 0 Å². The summed E-state index contributed by atoms with van der Waals surface area (Å²) >= 11 is 3.38. The number of nitrogens with two attached hydrogens (primary N) is 1. The molecule has 0 spiro atoms. The van der Waals surface area contributed by atoms with Crippen molar-refractivity contribution < 1.29 is 0 Å². The molecule has 2 heterocycles. The first-order chi connectivity index (χ1) is 7.66. The summed E-state index contributed by atoms with van der Waals surface area (Å²) in [5.41, 5.74) is 6.22. The summed E-state index contributed by atoms with van der Waals surface area (Å²) in [5, 5.41) is 10.9. The molecule has 0 aromatic carbocycles. The molecular weight excluding hydrogens is 272 g/mol. The number of hydrogen-bond acceptors (Lipinski definition) is 5. The molecule has 0 aliphatic rings. The highest BCUT2D eigenvalue weighted by molar-refractivity contribution is 9.10. The van der Waals surface area contributed by atoms with E-state index >= 15 is 0 Å². The Bertz CT molecular complexity index is 494. The highest BCUT2D eigenvalue weighted by Gasteiger charge is 2.04. The van der Waals surface area contributed by atoms with Crippen LogP contribution in [0.4, 0.5) is 11.5 Å². The maximum atomic E-state index is 5.60. The predicted octanol–water partition coefficient (Wildman–Crippen LogP) is 1.17. The normalized spacial score (nSPS) is 10.4. The average Bonchev–Trinajstić information content (AvgIpc) is 2.63. The summed E-state index contributed by atoms with van der Waals surface area (Å²) in [6, 6.07) is 1.80. The molecule has 0 amide bonds. The van der Waals surface area contributed by atoms with Crippen molar-refractivity contribution in [2.24, 2.45) is 7.05 Å². The molecule has 16 heavy (non-hydrogen) atoms. The molecule has 0 radical (unpaired) electrons. The number of rotatable bonds is 3. The number of aryl methyl sites for hydroxylation is 1. The number of aromatic nitrogens is 4. The van der Waals surface area contributed by atoms with Crippen molar-refractivity contribution in [1.29, 1.82) is 0 Å². The van der Waals surface area contributed by atoms with E-state index in [0.29, 0.717) is 12.2 Å². The monoisotopic (exact) mass is 282 g/mol. The maximum Gasteiger partial charge on any atom is 0.151 e. The first-order valence-corrected chi connectivity index (χ1v) is 5.44. The standard InChI is InChI=1S/C9H11BrN6/c1-16-5-14-15-8(16)4-13-9-7(10)2-6(11)3-12-9/h2-3,5H,4,11H2,1H3,(H,12,13). The molecule has 0 saturated carbocycles. The van der Waals surface area contributed by atoms with Crippen LogP contribution in [0.25, 0.3) is 0 Å². The fourth-order valence-electron chi connectivity index (χ4n) is 1.21. The van der Waals surface area contributed by atoms with Gasteiger partial charge in [0.25, 0.3) is 0 Å². The van der Waals surface area contributed by atoms with Crippen molar-refractivity contribution in [2.45, 2.75) is 6.54 Å². The van der Waals surface area contributed by atoms with E-state index in [4.69, 9.17) is 5.73 Å². The second kappa shape index (κ2) is 4.48. The van der Waals surface area contributed by atoms with Crippen molar-refractivity contribution in [3.63, 3.8) is 0 Å². The van der Waals surface area contributed by atoms with Gasteiger partial charge >= 0.3 is 0 Å². The molecule has 0 bridgehead atoms. The van der Waals surface area contributed by atoms with Crippen molar-refractivity contribution >= 4 is 27.4 Å². The Balaban J connectivity index is 2.08. The highest BCUT2D eigenvalue weighted by atomic mass is 79.9. The minimum absolute atomic E-state index is 0.562. The van der Waals surface area contributed by atoms with Gasteiger partial charge < -0.3 is 15.6 Å². The van der Waals surface area contributed by atoms with Crippen LogP contribution >= 0.6 is 15.9 Å². The van der Waals surface area contributed by atoms with Crippen LogP contribution in [0.2, 0.25) is 0 Å². The zero-order valence-corrected chi connectivity index (χ0v) is 10.3. The minimum Gasteiger partial charge on any atom is -0.397 e. The third-order valence-electron chi connectivity index (χ3n) is 2.08. The Morgan fingerprint density at radius 3 is 3.00 bits per heavy atom. The van der Waals surface area contributed by atoms with Crippen molar-refractivity contribution in [3.8, 4) is 0 Å². The van der Waals surface area contributed by atoms with Gasteiger partial charge in [-0.05, 0) is 22.0 Å². The molecule has 6 nitrogen and oxygen atoms in total. The number of nitrogen functional groups attached to an aromatic ring is 1. The van der Waals surface area contributed by atoms with E-state index in [2.05, 4.69) is 36.4 Å². The lowest BCUT2D eigenvalue weighted by atomic mass is 10.4. The largest absolute Gasteiger partial charge is 0.397 e. The number of nitrogens with zero attached hydrogens (tertiary/aromatic N) is 4. The summed E-state index contributed by atoms with van der Waals surface area (Å²) in [6.45, 7) is 0.562. The zero-order chi connectivity index (χ0) is 11.5. The van der Waals surface area contributed by atoms with Gasteiger partial charge in [0.2, 0.25) is 0 Å². The topological polar surface area (TPSA) is 81.7 Å². The lowest BCUT2D eigenvalue weighted by Crippen LogP contribution is -2.07. The van der Waals surface area contributed by atoms with Gasteiger partial charge in [-0.15, -0.1) is 10.2 Å². The van der Waals surface area contributed by atoms with Crippen LogP contribution in [0.3, 0.4) is 0 Å². The lowest BCUT2D eigenvalue weighted by Gasteiger charge is -2.07. The molecule has 2 aromatic rings. The number of halogens is 1. The van der Waals surface area contributed by atoms with Gasteiger partial charge in [-0.3, -0.25) is 0 Å². The molecule has 7 heteroatoms. The van der Waals surface area contributed by atoms with E-state index in [9.17, 15) is 0 Å². The van der Waals surface area contributed by atoms with Gasteiger partial charge in [-0.2, -0.15) is 0 Å². The van der Waals surface area contributed by atoms with E-state index in [1.807, 2.05) is 11.6 Å². The molecule has 0 fully saturated rings. The number of anilines is 2. The van der Waals surface area contributed by atoms with E-state index in [0.717, 1.165) is 16.1 Å². The quantitative estimate of drug-likeness (QED) is 0.883. The van der Waals surface area contributed by atoms with Crippen molar-refractivity contribution in [2.75, 3.05) is 11.1 Å². The van der Waals surface area contributed by atoms with Gasteiger partial charge in [0, 0.05) is 7.05 Å². The summed E-state index contributed by atoms with van der Waals surface area (Å²) < 4.78 is 2.67. The summed E-state index contributed by atoms with van der Waals surface area (Å²) in [5.74, 6) is 1.57. The fraction of sp³-hybridized carbons (Fsp3) is 0.222. The second-order valence-corrected chi connectivity index (χ2v) is 4.17. The number of pyridine rings is 1. The molecule has 2 rings (SSSR count). The molecule has 3 N–H and O–H groups in total. The van der Waals surface area contributed by atoms with E-state index in [1.54, 1.807) is 18.6 Å².